The van der Waals surface area contributed by atoms with Crippen LogP contribution in [0.4, 0.5) is 0 Å². The molecular weight excluding hydrogens is 156 g/mol. The van der Waals surface area contributed by atoms with E-state index in [9.17, 15) is 4.79 Å². The van der Waals surface area contributed by atoms with Gasteiger partial charge in [-0.25, -0.2) is 5.01 Å². The molecule has 0 radical (unpaired) electrons. The second-order valence-corrected chi connectivity index (χ2v) is 2.63. The van der Waals surface area contributed by atoms with Gasteiger partial charge in [-0.3, -0.25) is 9.79 Å². The molecule has 0 aromatic rings. The van der Waals surface area contributed by atoms with E-state index in [4.69, 9.17) is 5.73 Å². The molecule has 2 aliphatic heterocycles. The van der Waals surface area contributed by atoms with Crippen molar-refractivity contribution < 1.29 is 4.79 Å². The van der Waals surface area contributed by atoms with Crippen LogP contribution in [0.1, 0.15) is 0 Å². The second kappa shape index (κ2) is 2.44. The lowest BCUT2D eigenvalue weighted by Gasteiger charge is -2.20. The zero-order chi connectivity index (χ0) is 8.55. The number of amides is 1. The van der Waals surface area contributed by atoms with Gasteiger partial charge in [0.25, 0.3) is 0 Å². The third-order valence-corrected chi connectivity index (χ3v) is 1.85. The molecule has 2 aliphatic rings. The lowest BCUT2D eigenvalue weighted by Crippen LogP contribution is -2.36. The monoisotopic (exact) mass is 164 g/mol. The summed E-state index contributed by atoms with van der Waals surface area (Å²) in [6.07, 6.45) is 6.44. The maximum absolute atomic E-state index is 10.9. The van der Waals surface area contributed by atoms with Crippen LogP contribution < -0.4 is 5.73 Å². The van der Waals surface area contributed by atoms with Gasteiger partial charge in [0, 0.05) is 18.6 Å². The summed E-state index contributed by atoms with van der Waals surface area (Å²) in [5.74, 6) is -0.787. The van der Waals surface area contributed by atoms with Crippen LogP contribution in [-0.4, -0.2) is 29.5 Å². The average molecular weight is 164 g/mol. The highest BCUT2D eigenvalue weighted by molar-refractivity contribution is 5.94. The minimum Gasteiger partial charge on any atom is -0.369 e. The summed E-state index contributed by atoms with van der Waals surface area (Å²) in [6, 6.07) is 0. The Kier molecular flexibility index (Phi) is 1.43. The van der Waals surface area contributed by atoms with Gasteiger partial charge >= 0.3 is 0 Å². The maximum atomic E-state index is 10.9. The van der Waals surface area contributed by atoms with Crippen molar-refractivity contribution >= 4 is 18.3 Å². The van der Waals surface area contributed by atoms with Crippen LogP contribution in [0.3, 0.4) is 0 Å². The fourth-order valence-corrected chi connectivity index (χ4v) is 1.23. The SMILES string of the molecule is NC(=O)C1C=NN2C=CC=NC12. The van der Waals surface area contributed by atoms with Crippen LogP contribution in [-0.2, 0) is 4.79 Å². The fourth-order valence-electron chi connectivity index (χ4n) is 1.23. The molecule has 0 aromatic heterocycles. The van der Waals surface area contributed by atoms with E-state index < -0.39 is 11.8 Å². The van der Waals surface area contributed by atoms with Crippen molar-refractivity contribution in [3.8, 4) is 0 Å². The van der Waals surface area contributed by atoms with Crippen molar-refractivity contribution in [3.63, 3.8) is 0 Å². The lowest BCUT2D eigenvalue weighted by molar-refractivity contribution is -0.120. The third-order valence-electron chi connectivity index (χ3n) is 1.85. The van der Waals surface area contributed by atoms with E-state index in [1.807, 2.05) is 0 Å². The largest absolute Gasteiger partial charge is 0.369 e. The van der Waals surface area contributed by atoms with Crippen LogP contribution in [0, 0.1) is 5.92 Å². The first-order valence-corrected chi connectivity index (χ1v) is 3.61. The molecule has 0 saturated heterocycles. The molecule has 2 unspecified atom stereocenters. The van der Waals surface area contributed by atoms with Crippen molar-refractivity contribution in [1.82, 2.24) is 5.01 Å². The molecule has 0 aliphatic carbocycles. The van der Waals surface area contributed by atoms with Gasteiger partial charge in [-0.2, -0.15) is 5.10 Å². The first-order valence-electron chi connectivity index (χ1n) is 3.61. The van der Waals surface area contributed by atoms with E-state index in [2.05, 4.69) is 10.1 Å². The summed E-state index contributed by atoms with van der Waals surface area (Å²) in [6.45, 7) is 0. The number of nitrogens with two attached hydrogens (primary N) is 1. The Morgan fingerprint density at radius 1 is 1.58 bits per heavy atom. The van der Waals surface area contributed by atoms with Gasteiger partial charge in [0.1, 0.15) is 5.92 Å². The van der Waals surface area contributed by atoms with Crippen molar-refractivity contribution in [1.29, 1.82) is 0 Å². The van der Waals surface area contributed by atoms with E-state index in [0.29, 0.717) is 0 Å². The van der Waals surface area contributed by atoms with Crippen molar-refractivity contribution in [2.75, 3.05) is 0 Å². The molecule has 2 heterocycles. The number of hydrogen-bond donors (Lipinski definition) is 1. The molecule has 0 spiro atoms. The Morgan fingerprint density at radius 2 is 2.42 bits per heavy atom. The van der Waals surface area contributed by atoms with E-state index in [0.717, 1.165) is 0 Å². The van der Waals surface area contributed by atoms with Crippen molar-refractivity contribution in [2.24, 2.45) is 21.7 Å². The summed E-state index contributed by atoms with van der Waals surface area (Å²) in [7, 11) is 0. The molecule has 2 atom stereocenters. The first kappa shape index (κ1) is 7.02. The van der Waals surface area contributed by atoms with Crippen LogP contribution in [0.15, 0.2) is 22.4 Å². The number of nitrogens with zero attached hydrogens (tertiary/aromatic N) is 3. The van der Waals surface area contributed by atoms with Crippen molar-refractivity contribution in [3.05, 3.63) is 12.3 Å². The summed E-state index contributed by atoms with van der Waals surface area (Å²) in [5, 5.41) is 5.59. The molecule has 0 fully saturated rings. The Bertz CT molecular complexity index is 294. The van der Waals surface area contributed by atoms with Gasteiger partial charge < -0.3 is 5.73 Å². The molecule has 0 bridgehead atoms. The number of primary amides is 1. The summed E-state index contributed by atoms with van der Waals surface area (Å²) >= 11 is 0. The number of allylic oxidation sites excluding steroid dienone is 1. The fraction of sp³-hybridized carbons (Fsp3) is 0.286. The highest BCUT2D eigenvalue weighted by Gasteiger charge is 2.33. The molecule has 2 rings (SSSR count). The topological polar surface area (TPSA) is 71.1 Å². The predicted octanol–water partition coefficient (Wildman–Crippen LogP) is -0.687. The van der Waals surface area contributed by atoms with Crippen molar-refractivity contribution in [2.45, 2.75) is 6.17 Å². The molecular formula is C7H8N4O. The Balaban J connectivity index is 2.24. The Labute approximate surface area is 69.2 Å². The third kappa shape index (κ3) is 0.903. The molecule has 0 aromatic carbocycles. The normalized spacial score (nSPS) is 30.8. The van der Waals surface area contributed by atoms with Crippen LogP contribution in [0.25, 0.3) is 0 Å². The minimum absolute atomic E-state index is 0.257. The van der Waals surface area contributed by atoms with Gasteiger partial charge in [-0.1, -0.05) is 0 Å². The molecule has 5 nitrogen and oxygen atoms in total. The van der Waals surface area contributed by atoms with Gasteiger partial charge in [0.05, 0.1) is 0 Å². The van der Waals surface area contributed by atoms with Gasteiger partial charge in [-0.05, 0) is 6.08 Å². The molecule has 5 heteroatoms. The average Bonchev–Trinajstić information content (AvgIpc) is 2.47. The summed E-state index contributed by atoms with van der Waals surface area (Å²) in [4.78, 5) is 14.9. The maximum Gasteiger partial charge on any atom is 0.230 e. The predicted molar refractivity (Wildman–Crippen MR) is 44.4 cm³/mol. The molecule has 62 valence electrons. The van der Waals surface area contributed by atoms with Gasteiger partial charge in [0.2, 0.25) is 5.91 Å². The van der Waals surface area contributed by atoms with Crippen LogP contribution >= 0.6 is 0 Å². The molecule has 2 N–H and O–H groups in total. The van der Waals surface area contributed by atoms with E-state index >= 15 is 0 Å². The Morgan fingerprint density at radius 3 is 3.17 bits per heavy atom. The zero-order valence-corrected chi connectivity index (χ0v) is 6.29. The van der Waals surface area contributed by atoms with Gasteiger partial charge in [0.15, 0.2) is 6.17 Å². The summed E-state index contributed by atoms with van der Waals surface area (Å²) < 4.78 is 0. The highest BCUT2D eigenvalue weighted by atomic mass is 16.1. The summed E-state index contributed by atoms with van der Waals surface area (Å²) in [5.41, 5.74) is 5.15. The van der Waals surface area contributed by atoms with E-state index in [-0.39, 0.29) is 6.17 Å². The number of fused-ring (bicyclic) bond motifs is 1. The number of hydrazone groups is 1. The standard InChI is InChI=1S/C7H8N4O/c8-6(12)5-4-10-11-3-1-2-9-7(5)11/h1-5,7H,(H2,8,12). The smallest absolute Gasteiger partial charge is 0.230 e. The number of rotatable bonds is 1. The van der Waals surface area contributed by atoms with E-state index in [1.54, 1.807) is 23.5 Å². The zero-order valence-electron chi connectivity index (χ0n) is 6.29. The highest BCUT2D eigenvalue weighted by Crippen LogP contribution is 2.20. The number of aliphatic imine (C=N–C) groups is 1. The molecule has 12 heavy (non-hydrogen) atoms. The van der Waals surface area contributed by atoms with Crippen LogP contribution in [0.2, 0.25) is 0 Å². The minimum atomic E-state index is -0.397. The molecule has 1 amide bonds. The molecule has 0 saturated carbocycles. The lowest BCUT2D eigenvalue weighted by atomic mass is 10.1. The van der Waals surface area contributed by atoms with Crippen LogP contribution in [0.5, 0.6) is 0 Å². The first-order chi connectivity index (χ1) is 5.79. The van der Waals surface area contributed by atoms with E-state index in [1.165, 1.54) is 6.21 Å². The van der Waals surface area contributed by atoms with Gasteiger partial charge in [-0.15, -0.1) is 0 Å². The second-order valence-electron chi connectivity index (χ2n) is 2.63. The number of hydrogen-bond acceptors (Lipinski definition) is 4. The Hall–Kier alpha value is -1.65. The quantitative estimate of drug-likeness (QED) is 0.557. The number of carbonyl (C=O) groups excluding carboxylic acids is 1. The number of carbonyl (C=O) groups is 1.